The fourth-order valence-corrected chi connectivity index (χ4v) is 2.76. The van der Waals surface area contributed by atoms with E-state index in [9.17, 15) is 0 Å². The van der Waals surface area contributed by atoms with E-state index in [4.69, 9.17) is 0 Å². The molecular formula is C13H28N2. The number of hydrogen-bond acceptors (Lipinski definition) is 2. The number of nitrogens with one attached hydrogen (secondary N) is 1. The Morgan fingerprint density at radius 2 is 1.87 bits per heavy atom. The highest BCUT2D eigenvalue weighted by Gasteiger charge is 2.26. The molecule has 0 aromatic rings. The summed E-state index contributed by atoms with van der Waals surface area (Å²) in [6, 6.07) is 2.24. The van der Waals surface area contributed by atoms with Crippen molar-refractivity contribution in [3.8, 4) is 0 Å². The summed E-state index contributed by atoms with van der Waals surface area (Å²) in [6.07, 6.45) is 6.76. The Morgan fingerprint density at radius 1 is 1.27 bits per heavy atom. The molecule has 0 aromatic carbocycles. The summed E-state index contributed by atoms with van der Waals surface area (Å²) >= 11 is 0. The van der Waals surface area contributed by atoms with Gasteiger partial charge in [-0.2, -0.15) is 0 Å². The number of nitrogens with zero attached hydrogens (tertiary/aromatic N) is 1. The Labute approximate surface area is 95.4 Å². The smallest absolute Gasteiger partial charge is 0.0192 e. The van der Waals surface area contributed by atoms with E-state index in [1.165, 1.54) is 38.6 Å². The van der Waals surface area contributed by atoms with E-state index < -0.39 is 0 Å². The van der Waals surface area contributed by atoms with Crippen LogP contribution in [0.25, 0.3) is 0 Å². The van der Waals surface area contributed by atoms with E-state index in [-0.39, 0.29) is 0 Å². The average molecular weight is 212 g/mol. The summed E-state index contributed by atoms with van der Waals surface area (Å²) in [4.78, 5) is 2.69. The van der Waals surface area contributed by atoms with Crippen LogP contribution in [0.15, 0.2) is 0 Å². The first-order valence-corrected chi connectivity index (χ1v) is 6.62. The minimum atomic E-state index is 0.679. The first kappa shape index (κ1) is 13.0. The Balaban J connectivity index is 2.45. The van der Waals surface area contributed by atoms with Crippen molar-refractivity contribution < 1.29 is 0 Å². The van der Waals surface area contributed by atoms with Gasteiger partial charge in [0.25, 0.3) is 0 Å². The molecule has 0 aliphatic carbocycles. The van der Waals surface area contributed by atoms with Crippen LogP contribution < -0.4 is 5.32 Å². The molecule has 1 rings (SSSR count). The number of hydrogen-bond donors (Lipinski definition) is 1. The summed E-state index contributed by atoms with van der Waals surface area (Å²) in [7, 11) is 2.10. The van der Waals surface area contributed by atoms with E-state index in [0.717, 1.165) is 12.1 Å². The third-order valence-corrected chi connectivity index (χ3v) is 3.85. The van der Waals surface area contributed by atoms with Gasteiger partial charge in [-0.05, 0) is 40.2 Å². The second kappa shape index (κ2) is 6.49. The molecule has 90 valence electrons. The fraction of sp³-hybridized carbons (Fsp3) is 1.00. The quantitative estimate of drug-likeness (QED) is 0.753. The molecule has 0 spiro atoms. The van der Waals surface area contributed by atoms with Crippen LogP contribution >= 0.6 is 0 Å². The van der Waals surface area contributed by atoms with Crippen LogP contribution in [-0.2, 0) is 0 Å². The van der Waals surface area contributed by atoms with Gasteiger partial charge in [0.05, 0.1) is 0 Å². The van der Waals surface area contributed by atoms with Crippen molar-refractivity contribution in [3.63, 3.8) is 0 Å². The third-order valence-electron chi connectivity index (χ3n) is 3.85. The van der Waals surface area contributed by atoms with Crippen molar-refractivity contribution in [2.45, 2.75) is 71.0 Å². The van der Waals surface area contributed by atoms with Crippen molar-refractivity contribution in [1.29, 1.82) is 0 Å². The molecule has 0 saturated carbocycles. The van der Waals surface area contributed by atoms with Gasteiger partial charge < -0.3 is 5.32 Å². The lowest BCUT2D eigenvalue weighted by atomic mass is 9.96. The van der Waals surface area contributed by atoms with Gasteiger partial charge in [-0.15, -0.1) is 0 Å². The first-order valence-electron chi connectivity index (χ1n) is 6.62. The molecule has 1 unspecified atom stereocenters. The maximum Gasteiger partial charge on any atom is 0.0192 e. The van der Waals surface area contributed by atoms with Crippen LogP contribution in [0.5, 0.6) is 0 Å². The van der Waals surface area contributed by atoms with E-state index in [0.29, 0.717) is 6.04 Å². The van der Waals surface area contributed by atoms with Gasteiger partial charge in [-0.1, -0.05) is 19.8 Å². The predicted octanol–water partition coefficient (Wildman–Crippen LogP) is 2.64. The standard InChI is InChI=1S/C13H28N2/c1-5-7-13(14-4)10-15-11(2)8-6-9-12(15)3/h11-14H,5-10H2,1-4H3/t11-,12+,13?. The van der Waals surface area contributed by atoms with Crippen molar-refractivity contribution in [3.05, 3.63) is 0 Å². The van der Waals surface area contributed by atoms with Gasteiger partial charge in [-0.25, -0.2) is 0 Å². The van der Waals surface area contributed by atoms with Gasteiger partial charge >= 0.3 is 0 Å². The first-order chi connectivity index (χ1) is 7.19. The zero-order valence-corrected chi connectivity index (χ0v) is 10.9. The van der Waals surface area contributed by atoms with Crippen LogP contribution in [-0.4, -0.2) is 36.6 Å². The molecule has 15 heavy (non-hydrogen) atoms. The van der Waals surface area contributed by atoms with Crippen molar-refractivity contribution in [1.82, 2.24) is 10.2 Å². The SMILES string of the molecule is CCCC(CN1[C@H](C)CCC[C@@H]1C)NC. The highest BCUT2D eigenvalue weighted by atomic mass is 15.2. The normalized spacial score (nSPS) is 30.4. The molecule has 0 bridgehead atoms. The fourth-order valence-electron chi connectivity index (χ4n) is 2.76. The molecule has 2 heteroatoms. The maximum absolute atomic E-state index is 3.45. The Morgan fingerprint density at radius 3 is 2.33 bits per heavy atom. The van der Waals surface area contributed by atoms with Crippen molar-refractivity contribution in [2.24, 2.45) is 0 Å². The van der Waals surface area contributed by atoms with E-state index in [1.807, 2.05) is 0 Å². The molecule has 0 aromatic heterocycles. The van der Waals surface area contributed by atoms with Crippen molar-refractivity contribution >= 4 is 0 Å². The molecule has 2 nitrogen and oxygen atoms in total. The summed E-state index contributed by atoms with van der Waals surface area (Å²) in [5.41, 5.74) is 0. The number of likely N-dealkylation sites (tertiary alicyclic amines) is 1. The van der Waals surface area contributed by atoms with Gasteiger partial charge in [0.15, 0.2) is 0 Å². The Hall–Kier alpha value is -0.0800. The monoisotopic (exact) mass is 212 g/mol. The minimum Gasteiger partial charge on any atom is -0.316 e. The Kier molecular flexibility index (Phi) is 5.62. The van der Waals surface area contributed by atoms with Crippen LogP contribution in [0, 0.1) is 0 Å². The van der Waals surface area contributed by atoms with Gasteiger partial charge in [-0.3, -0.25) is 4.90 Å². The zero-order chi connectivity index (χ0) is 11.3. The maximum atomic E-state index is 3.45. The molecule has 1 heterocycles. The molecule has 0 radical (unpaired) electrons. The lowest BCUT2D eigenvalue weighted by Gasteiger charge is -2.41. The summed E-state index contributed by atoms with van der Waals surface area (Å²) < 4.78 is 0. The number of rotatable bonds is 5. The zero-order valence-electron chi connectivity index (χ0n) is 10.9. The predicted molar refractivity (Wildman–Crippen MR) is 67.2 cm³/mol. The third kappa shape index (κ3) is 3.76. The van der Waals surface area contributed by atoms with E-state index >= 15 is 0 Å². The topological polar surface area (TPSA) is 15.3 Å². The molecular weight excluding hydrogens is 184 g/mol. The highest BCUT2D eigenvalue weighted by Crippen LogP contribution is 2.22. The lowest BCUT2D eigenvalue weighted by Crippen LogP contribution is -2.49. The summed E-state index contributed by atoms with van der Waals surface area (Å²) in [5.74, 6) is 0. The van der Waals surface area contributed by atoms with E-state index in [2.05, 4.69) is 38.0 Å². The summed E-state index contributed by atoms with van der Waals surface area (Å²) in [6.45, 7) is 8.27. The molecule has 3 atom stereocenters. The number of piperidine rings is 1. The second-order valence-corrected chi connectivity index (χ2v) is 5.10. The van der Waals surface area contributed by atoms with Crippen LogP contribution in [0.4, 0.5) is 0 Å². The Bertz CT molecular complexity index is 160. The number of likely N-dealkylation sites (N-methyl/N-ethyl adjacent to an activating group) is 1. The van der Waals surface area contributed by atoms with Gasteiger partial charge in [0, 0.05) is 24.7 Å². The van der Waals surface area contributed by atoms with Gasteiger partial charge in [0.2, 0.25) is 0 Å². The van der Waals surface area contributed by atoms with Crippen LogP contribution in [0.3, 0.4) is 0 Å². The second-order valence-electron chi connectivity index (χ2n) is 5.10. The molecule has 1 aliphatic heterocycles. The van der Waals surface area contributed by atoms with Crippen molar-refractivity contribution in [2.75, 3.05) is 13.6 Å². The molecule has 1 fully saturated rings. The van der Waals surface area contributed by atoms with Crippen LogP contribution in [0.1, 0.15) is 52.9 Å². The highest BCUT2D eigenvalue weighted by molar-refractivity contribution is 4.82. The van der Waals surface area contributed by atoms with Gasteiger partial charge in [0.1, 0.15) is 0 Å². The molecule has 1 saturated heterocycles. The summed E-state index contributed by atoms with van der Waals surface area (Å²) in [5, 5.41) is 3.45. The molecule has 1 N–H and O–H groups in total. The lowest BCUT2D eigenvalue weighted by molar-refractivity contribution is 0.0906. The molecule has 0 amide bonds. The van der Waals surface area contributed by atoms with Crippen LogP contribution in [0.2, 0.25) is 0 Å². The molecule has 1 aliphatic rings. The van der Waals surface area contributed by atoms with E-state index in [1.54, 1.807) is 0 Å². The largest absolute Gasteiger partial charge is 0.316 e. The minimum absolute atomic E-state index is 0.679. The average Bonchev–Trinajstić information content (AvgIpc) is 2.22.